The zero-order valence-electron chi connectivity index (χ0n) is 11.5. The van der Waals surface area contributed by atoms with Crippen molar-refractivity contribution in [3.05, 3.63) is 58.1 Å². The summed E-state index contributed by atoms with van der Waals surface area (Å²) in [4.78, 5) is 12.1. The maximum Gasteiger partial charge on any atom is 0.255 e. The van der Waals surface area contributed by atoms with Crippen molar-refractivity contribution in [3.8, 4) is 0 Å². The van der Waals surface area contributed by atoms with Gasteiger partial charge >= 0.3 is 0 Å². The highest BCUT2D eigenvalue weighted by atomic mass is 79.9. The van der Waals surface area contributed by atoms with E-state index < -0.39 is 0 Å². The lowest BCUT2D eigenvalue weighted by Crippen LogP contribution is -2.12. The van der Waals surface area contributed by atoms with Gasteiger partial charge in [-0.15, -0.1) is 0 Å². The number of carbonyl (C=O) groups is 1. The third-order valence-electron chi connectivity index (χ3n) is 3.10. The van der Waals surface area contributed by atoms with Crippen molar-refractivity contribution in [2.24, 2.45) is 0 Å². The first-order valence-electron chi connectivity index (χ1n) is 6.43. The van der Waals surface area contributed by atoms with Crippen molar-refractivity contribution < 1.29 is 4.79 Å². The van der Waals surface area contributed by atoms with Gasteiger partial charge in [0.25, 0.3) is 5.91 Å². The fraction of sp³-hybridized carbons (Fsp3) is 0.188. The van der Waals surface area contributed by atoms with Crippen molar-refractivity contribution in [1.82, 2.24) is 0 Å². The molecule has 0 aliphatic carbocycles. The molecule has 0 bridgehead atoms. The van der Waals surface area contributed by atoms with Gasteiger partial charge in [0.05, 0.1) is 0 Å². The summed E-state index contributed by atoms with van der Waals surface area (Å²) in [6, 6.07) is 13.0. The second kappa shape index (κ2) is 6.09. The smallest absolute Gasteiger partial charge is 0.255 e. The zero-order valence-corrected chi connectivity index (χ0v) is 13.1. The van der Waals surface area contributed by atoms with Crippen molar-refractivity contribution in [2.75, 3.05) is 11.1 Å². The number of carbonyl (C=O) groups excluding carboxylic acids is 1. The van der Waals surface area contributed by atoms with Gasteiger partial charge in [-0.1, -0.05) is 26.0 Å². The SMILES string of the molecule is CC(C)c1ccc(C(=O)Nc2ccc(N)c(Br)c2)cc1. The Kier molecular flexibility index (Phi) is 4.45. The second-order valence-electron chi connectivity index (χ2n) is 4.97. The zero-order chi connectivity index (χ0) is 14.7. The highest BCUT2D eigenvalue weighted by Crippen LogP contribution is 2.23. The Morgan fingerprint density at radius 3 is 2.35 bits per heavy atom. The van der Waals surface area contributed by atoms with E-state index in [1.807, 2.05) is 24.3 Å². The van der Waals surface area contributed by atoms with Crippen LogP contribution in [0.5, 0.6) is 0 Å². The Hall–Kier alpha value is -1.81. The quantitative estimate of drug-likeness (QED) is 0.818. The summed E-state index contributed by atoms with van der Waals surface area (Å²) in [6.45, 7) is 4.25. The van der Waals surface area contributed by atoms with Gasteiger partial charge in [0.15, 0.2) is 0 Å². The Morgan fingerprint density at radius 2 is 1.80 bits per heavy atom. The van der Waals surface area contributed by atoms with Crippen molar-refractivity contribution in [1.29, 1.82) is 0 Å². The molecule has 3 N–H and O–H groups in total. The molecule has 0 aromatic heterocycles. The lowest BCUT2D eigenvalue weighted by Gasteiger charge is -2.09. The molecule has 2 aromatic carbocycles. The van der Waals surface area contributed by atoms with Gasteiger partial charge in [-0.2, -0.15) is 0 Å². The van der Waals surface area contributed by atoms with E-state index in [1.54, 1.807) is 18.2 Å². The monoisotopic (exact) mass is 332 g/mol. The van der Waals surface area contributed by atoms with Gasteiger partial charge in [0.1, 0.15) is 0 Å². The van der Waals surface area contributed by atoms with Crippen LogP contribution in [0.3, 0.4) is 0 Å². The van der Waals surface area contributed by atoms with Gasteiger partial charge in [-0.25, -0.2) is 0 Å². The molecule has 0 unspecified atom stereocenters. The van der Waals surface area contributed by atoms with Crippen molar-refractivity contribution in [3.63, 3.8) is 0 Å². The number of amides is 1. The number of halogens is 1. The van der Waals surface area contributed by atoms with Crippen LogP contribution >= 0.6 is 15.9 Å². The van der Waals surface area contributed by atoms with Gasteiger partial charge < -0.3 is 11.1 Å². The highest BCUT2D eigenvalue weighted by molar-refractivity contribution is 9.10. The molecule has 0 radical (unpaired) electrons. The topological polar surface area (TPSA) is 55.1 Å². The van der Waals surface area contributed by atoms with E-state index in [-0.39, 0.29) is 5.91 Å². The van der Waals surface area contributed by atoms with Crippen LogP contribution in [0.15, 0.2) is 46.9 Å². The molecule has 2 aromatic rings. The molecule has 20 heavy (non-hydrogen) atoms. The third kappa shape index (κ3) is 3.39. The number of hydrogen-bond donors (Lipinski definition) is 2. The molecule has 2 rings (SSSR count). The number of nitrogens with two attached hydrogens (primary N) is 1. The molecule has 3 nitrogen and oxygen atoms in total. The minimum absolute atomic E-state index is 0.128. The van der Waals surface area contributed by atoms with E-state index in [1.165, 1.54) is 5.56 Å². The minimum Gasteiger partial charge on any atom is -0.398 e. The van der Waals surface area contributed by atoms with Gasteiger partial charge in [0, 0.05) is 21.4 Å². The molecule has 0 saturated heterocycles. The second-order valence-corrected chi connectivity index (χ2v) is 5.82. The summed E-state index contributed by atoms with van der Waals surface area (Å²) >= 11 is 3.34. The Labute approximate surface area is 127 Å². The first kappa shape index (κ1) is 14.6. The Balaban J connectivity index is 2.13. The summed E-state index contributed by atoms with van der Waals surface area (Å²) in [6.07, 6.45) is 0. The molecular weight excluding hydrogens is 316 g/mol. The summed E-state index contributed by atoms with van der Waals surface area (Å²) in [5, 5.41) is 2.85. The summed E-state index contributed by atoms with van der Waals surface area (Å²) in [5.41, 5.74) is 8.93. The van der Waals surface area contributed by atoms with Gasteiger partial charge in [-0.05, 0) is 57.7 Å². The van der Waals surface area contributed by atoms with Crippen LogP contribution in [0, 0.1) is 0 Å². The predicted molar refractivity (Wildman–Crippen MR) is 87.0 cm³/mol. The molecular formula is C16H17BrN2O. The first-order valence-corrected chi connectivity index (χ1v) is 7.23. The number of hydrogen-bond acceptors (Lipinski definition) is 2. The van der Waals surface area contributed by atoms with Gasteiger partial charge in [-0.3, -0.25) is 4.79 Å². The first-order chi connectivity index (χ1) is 9.47. The van der Waals surface area contributed by atoms with E-state index in [9.17, 15) is 4.79 Å². The number of nitrogens with one attached hydrogen (secondary N) is 1. The van der Waals surface area contributed by atoms with E-state index in [2.05, 4.69) is 35.1 Å². The van der Waals surface area contributed by atoms with Crippen molar-refractivity contribution >= 4 is 33.2 Å². The Morgan fingerprint density at radius 1 is 1.15 bits per heavy atom. The predicted octanol–water partition coefficient (Wildman–Crippen LogP) is 4.41. The molecule has 0 atom stereocenters. The lowest BCUT2D eigenvalue weighted by molar-refractivity contribution is 0.102. The average Bonchev–Trinajstić information content (AvgIpc) is 2.43. The molecule has 0 spiro atoms. The van der Waals surface area contributed by atoms with Gasteiger partial charge in [0.2, 0.25) is 0 Å². The fourth-order valence-electron chi connectivity index (χ4n) is 1.83. The average molecular weight is 333 g/mol. The van der Waals surface area contributed by atoms with Crippen LogP contribution in [0.2, 0.25) is 0 Å². The van der Waals surface area contributed by atoms with E-state index >= 15 is 0 Å². The molecule has 0 saturated carbocycles. The van der Waals surface area contributed by atoms with Crippen LogP contribution in [0.1, 0.15) is 35.7 Å². The van der Waals surface area contributed by atoms with E-state index in [0.29, 0.717) is 22.9 Å². The largest absolute Gasteiger partial charge is 0.398 e. The number of anilines is 2. The highest BCUT2D eigenvalue weighted by Gasteiger charge is 2.08. The van der Waals surface area contributed by atoms with Crippen LogP contribution in [0.4, 0.5) is 11.4 Å². The normalized spacial score (nSPS) is 10.6. The molecule has 0 aliphatic heterocycles. The number of nitrogen functional groups attached to an aromatic ring is 1. The van der Waals surface area contributed by atoms with E-state index in [0.717, 1.165) is 4.47 Å². The molecule has 0 heterocycles. The minimum atomic E-state index is -0.128. The standard InChI is InChI=1S/C16H17BrN2O/c1-10(2)11-3-5-12(6-4-11)16(20)19-13-7-8-15(18)14(17)9-13/h3-10H,18H2,1-2H3,(H,19,20). The molecule has 4 heteroatoms. The molecule has 0 aliphatic rings. The van der Waals surface area contributed by atoms with Crippen LogP contribution in [-0.2, 0) is 0 Å². The lowest BCUT2D eigenvalue weighted by atomic mass is 10.0. The van der Waals surface area contributed by atoms with Crippen LogP contribution in [0.25, 0.3) is 0 Å². The summed E-state index contributed by atoms with van der Waals surface area (Å²) < 4.78 is 0.769. The van der Waals surface area contributed by atoms with Crippen LogP contribution in [-0.4, -0.2) is 5.91 Å². The molecule has 1 amide bonds. The number of rotatable bonds is 3. The van der Waals surface area contributed by atoms with Crippen molar-refractivity contribution in [2.45, 2.75) is 19.8 Å². The maximum absolute atomic E-state index is 12.1. The van der Waals surface area contributed by atoms with Crippen LogP contribution < -0.4 is 11.1 Å². The molecule has 104 valence electrons. The van der Waals surface area contributed by atoms with E-state index in [4.69, 9.17) is 5.73 Å². The number of benzene rings is 2. The maximum atomic E-state index is 12.1. The summed E-state index contributed by atoms with van der Waals surface area (Å²) in [7, 11) is 0. The third-order valence-corrected chi connectivity index (χ3v) is 3.78. The Bertz CT molecular complexity index is 621. The fourth-order valence-corrected chi connectivity index (χ4v) is 2.21. The summed E-state index contributed by atoms with van der Waals surface area (Å²) in [5.74, 6) is 0.331. The molecule has 0 fully saturated rings.